The summed E-state index contributed by atoms with van der Waals surface area (Å²) < 4.78 is 0. The van der Waals surface area contributed by atoms with Gasteiger partial charge in [-0.15, -0.1) is 61.2 Å². The Hall–Kier alpha value is -3.58. The molecule has 0 atom stereocenters. The van der Waals surface area contributed by atoms with E-state index in [0.29, 0.717) is 0 Å². The summed E-state index contributed by atoms with van der Waals surface area (Å²) in [6.07, 6.45) is 2.38. The molecule has 3 rings (SSSR count). The fraction of sp³-hybridized carbons (Fsp3) is 0. The highest BCUT2D eigenvalue weighted by molar-refractivity contribution is 5.42. The van der Waals surface area contributed by atoms with Crippen molar-refractivity contribution in [3.05, 3.63) is 12.7 Å². The predicted molar refractivity (Wildman–Crippen MR) is 59.4 cm³/mol. The minimum Gasteiger partial charge on any atom is -0.287 e. The molecule has 0 spiro atoms. The van der Waals surface area contributed by atoms with Gasteiger partial charge in [-0.3, -0.25) is 10.6 Å². The first kappa shape index (κ1) is 11.5. The van der Waals surface area contributed by atoms with Crippen molar-refractivity contribution in [1.29, 1.82) is 0 Å². The SMILES string of the molecule is c1nnc(Nc2nnc(Nc3nncnn3)nn2)nn1. The molecular formula is C6H4N14. The maximum absolute atomic E-state index is 3.74. The van der Waals surface area contributed by atoms with Crippen molar-refractivity contribution < 1.29 is 0 Å². The van der Waals surface area contributed by atoms with E-state index in [-0.39, 0.29) is 23.8 Å². The van der Waals surface area contributed by atoms with Crippen LogP contribution in [0.4, 0.5) is 23.8 Å². The van der Waals surface area contributed by atoms with E-state index in [1.54, 1.807) is 0 Å². The zero-order valence-corrected chi connectivity index (χ0v) is 9.52. The Bertz CT molecular complexity index is 594. The number of hydrogen-bond donors (Lipinski definition) is 2. The lowest BCUT2D eigenvalue weighted by atomic mass is 10.9. The molecule has 0 aliphatic heterocycles. The van der Waals surface area contributed by atoms with Crippen LogP contribution in [0.2, 0.25) is 0 Å². The molecule has 0 aromatic carbocycles. The van der Waals surface area contributed by atoms with Gasteiger partial charge >= 0.3 is 0 Å². The molecule has 0 radical (unpaired) electrons. The summed E-state index contributed by atoms with van der Waals surface area (Å²) in [6, 6.07) is 0. The number of hydrogen-bond acceptors (Lipinski definition) is 14. The molecule has 0 unspecified atom stereocenters. The van der Waals surface area contributed by atoms with E-state index < -0.39 is 0 Å². The van der Waals surface area contributed by atoms with Crippen LogP contribution in [0.25, 0.3) is 0 Å². The van der Waals surface area contributed by atoms with E-state index in [9.17, 15) is 0 Å². The van der Waals surface area contributed by atoms with Crippen molar-refractivity contribution >= 4 is 23.8 Å². The average Bonchev–Trinajstić information content (AvgIpc) is 2.51. The van der Waals surface area contributed by atoms with E-state index in [1.165, 1.54) is 12.7 Å². The summed E-state index contributed by atoms with van der Waals surface area (Å²) >= 11 is 0. The fourth-order valence-corrected chi connectivity index (χ4v) is 1.04. The van der Waals surface area contributed by atoms with Crippen molar-refractivity contribution in [2.24, 2.45) is 0 Å². The first-order chi connectivity index (χ1) is 9.90. The highest BCUT2D eigenvalue weighted by Gasteiger charge is 2.05. The number of nitrogens with one attached hydrogen (secondary N) is 2. The van der Waals surface area contributed by atoms with E-state index in [2.05, 4.69) is 71.8 Å². The molecule has 98 valence electrons. The van der Waals surface area contributed by atoms with Crippen LogP contribution in [0.5, 0.6) is 0 Å². The highest BCUT2D eigenvalue weighted by atomic mass is 15.4. The lowest BCUT2D eigenvalue weighted by molar-refractivity contribution is 0.826. The molecule has 3 aromatic rings. The Morgan fingerprint density at radius 2 is 0.750 bits per heavy atom. The van der Waals surface area contributed by atoms with Crippen LogP contribution in [0.1, 0.15) is 0 Å². The number of anilines is 4. The normalized spacial score (nSPS) is 10.0. The summed E-state index contributed by atoms with van der Waals surface area (Å²) in [5.41, 5.74) is 0. The molecule has 0 fully saturated rings. The van der Waals surface area contributed by atoms with Crippen LogP contribution < -0.4 is 10.6 Å². The summed E-state index contributed by atoms with van der Waals surface area (Å²) in [5.74, 6) is 0.402. The number of rotatable bonds is 4. The first-order valence-corrected chi connectivity index (χ1v) is 5.02. The van der Waals surface area contributed by atoms with E-state index >= 15 is 0 Å². The second-order valence-corrected chi connectivity index (χ2v) is 3.04. The van der Waals surface area contributed by atoms with Gasteiger partial charge in [-0.1, -0.05) is 0 Å². The van der Waals surface area contributed by atoms with Gasteiger partial charge in [0.1, 0.15) is 0 Å². The first-order valence-electron chi connectivity index (χ1n) is 5.02. The van der Waals surface area contributed by atoms with Gasteiger partial charge in [0.15, 0.2) is 12.7 Å². The largest absolute Gasteiger partial charge is 0.287 e. The van der Waals surface area contributed by atoms with Crippen molar-refractivity contribution in [3.8, 4) is 0 Å². The predicted octanol–water partition coefficient (Wildman–Crippen LogP) is -2.09. The van der Waals surface area contributed by atoms with Crippen LogP contribution in [0, 0.1) is 0 Å². The van der Waals surface area contributed by atoms with Crippen LogP contribution in [-0.2, 0) is 0 Å². The van der Waals surface area contributed by atoms with Crippen molar-refractivity contribution in [3.63, 3.8) is 0 Å². The lowest BCUT2D eigenvalue weighted by Crippen LogP contribution is -2.09. The molecule has 0 saturated carbocycles. The zero-order chi connectivity index (χ0) is 13.6. The molecule has 14 heteroatoms. The lowest BCUT2D eigenvalue weighted by Gasteiger charge is -2.01. The van der Waals surface area contributed by atoms with Crippen molar-refractivity contribution in [2.75, 3.05) is 10.6 Å². The second kappa shape index (κ2) is 5.38. The molecule has 3 heterocycles. The third-order valence-corrected chi connectivity index (χ3v) is 1.74. The molecule has 2 N–H and O–H groups in total. The third-order valence-electron chi connectivity index (χ3n) is 1.74. The van der Waals surface area contributed by atoms with Gasteiger partial charge in [-0.05, 0) is 0 Å². The number of aromatic nitrogens is 12. The van der Waals surface area contributed by atoms with E-state index in [1.807, 2.05) is 0 Å². The molecule has 0 aliphatic carbocycles. The Morgan fingerprint density at radius 1 is 0.450 bits per heavy atom. The molecule has 0 bridgehead atoms. The van der Waals surface area contributed by atoms with Crippen LogP contribution in [-0.4, -0.2) is 61.2 Å². The molecule has 0 amide bonds. The van der Waals surface area contributed by atoms with Gasteiger partial charge in [0.25, 0.3) is 23.8 Å². The summed E-state index contributed by atoms with van der Waals surface area (Å²) in [4.78, 5) is 0. The minimum atomic E-state index is 0.0792. The standard InChI is InChI=1S/C6H4N14/c1-7-13-3(14-8-1)11-5-17-19-6(20-18-5)12-4-15-9-2-10-16-4/h1-2H,(H,11,13,14,17,18)(H,12,15,16,19,20). The smallest absolute Gasteiger partial charge is 0.269 e. The highest BCUT2D eigenvalue weighted by Crippen LogP contribution is 2.04. The molecule has 3 aromatic heterocycles. The second-order valence-electron chi connectivity index (χ2n) is 3.04. The maximum Gasteiger partial charge on any atom is 0.269 e. The van der Waals surface area contributed by atoms with Crippen molar-refractivity contribution in [2.45, 2.75) is 0 Å². The van der Waals surface area contributed by atoms with Gasteiger partial charge < -0.3 is 0 Å². The third kappa shape index (κ3) is 2.81. The quantitative estimate of drug-likeness (QED) is 0.527. The molecule has 0 aliphatic rings. The van der Waals surface area contributed by atoms with Gasteiger partial charge in [0.05, 0.1) is 0 Å². The van der Waals surface area contributed by atoms with Gasteiger partial charge in [-0.2, -0.15) is 0 Å². The molecule has 20 heavy (non-hydrogen) atoms. The van der Waals surface area contributed by atoms with Gasteiger partial charge in [0.2, 0.25) is 0 Å². The zero-order valence-electron chi connectivity index (χ0n) is 9.52. The average molecular weight is 272 g/mol. The van der Waals surface area contributed by atoms with E-state index in [4.69, 9.17) is 0 Å². The molecular weight excluding hydrogens is 268 g/mol. The van der Waals surface area contributed by atoms with Crippen molar-refractivity contribution in [1.82, 2.24) is 61.2 Å². The Kier molecular flexibility index (Phi) is 3.09. The fourth-order valence-electron chi connectivity index (χ4n) is 1.04. The van der Waals surface area contributed by atoms with Crippen LogP contribution >= 0.6 is 0 Å². The Balaban J connectivity index is 1.69. The topological polar surface area (TPSA) is 179 Å². The van der Waals surface area contributed by atoms with Crippen LogP contribution in [0.3, 0.4) is 0 Å². The monoisotopic (exact) mass is 272 g/mol. The Morgan fingerprint density at radius 3 is 1.10 bits per heavy atom. The summed E-state index contributed by atoms with van der Waals surface area (Å²) in [7, 11) is 0. The van der Waals surface area contributed by atoms with E-state index in [0.717, 1.165) is 0 Å². The molecule has 0 saturated heterocycles. The van der Waals surface area contributed by atoms with Gasteiger partial charge in [0, 0.05) is 0 Å². The summed E-state index contributed by atoms with van der Waals surface area (Å²) in [6.45, 7) is 0. The van der Waals surface area contributed by atoms with Crippen LogP contribution in [0.15, 0.2) is 12.7 Å². The maximum atomic E-state index is 3.74. The minimum absolute atomic E-state index is 0.0792. The number of nitrogens with zero attached hydrogens (tertiary/aromatic N) is 12. The summed E-state index contributed by atoms with van der Waals surface area (Å²) in [5, 5.41) is 48.9. The molecule has 14 nitrogen and oxygen atoms in total. The Labute approximate surface area is 109 Å². The van der Waals surface area contributed by atoms with Gasteiger partial charge in [-0.25, -0.2) is 0 Å².